The second-order valence-electron chi connectivity index (χ2n) is 13.3. The number of hydrogen-bond acceptors (Lipinski definition) is 9. The molecule has 8 nitrogen and oxygen atoms in total. The highest BCUT2D eigenvalue weighted by molar-refractivity contribution is 7.23. The number of nitriles is 1. The van der Waals surface area contributed by atoms with E-state index in [9.17, 15) is 14.0 Å². The summed E-state index contributed by atoms with van der Waals surface area (Å²) in [5.74, 6) is -0.709. The van der Waals surface area contributed by atoms with Crippen molar-refractivity contribution in [3.63, 3.8) is 0 Å². The largest absolute Gasteiger partial charge is 0.463 e. The van der Waals surface area contributed by atoms with Gasteiger partial charge in [-0.25, -0.2) is 13.2 Å². The van der Waals surface area contributed by atoms with Crippen molar-refractivity contribution in [2.75, 3.05) is 50.0 Å². The molecule has 4 fully saturated rings. The van der Waals surface area contributed by atoms with E-state index in [1.54, 1.807) is 6.07 Å². The van der Waals surface area contributed by atoms with E-state index in [1.165, 1.54) is 12.1 Å². The van der Waals surface area contributed by atoms with Gasteiger partial charge in [0.15, 0.2) is 5.82 Å². The second-order valence-corrected chi connectivity index (χ2v) is 14.8. The molecule has 13 heteroatoms. The molecule has 240 valence electrons. The standard InChI is InChI=1S/C33H33ClF3N7OS/c34-23-10-21-28(27(37)26(23)20-4-5-24(36)29-25(20)22(11-38)30(39)46-29)41-32(42-31(21)44-13-18-2-3-19(14-44)40-18)45-16-33(7-1-8-33)15-43-9-6-17(35)12-43/h4-5,10,17-19,40H,1-3,6-9,12-16,39H2/t17-,18?,19?/m0/s1. The van der Waals surface area contributed by atoms with E-state index >= 15 is 4.39 Å². The van der Waals surface area contributed by atoms with Crippen molar-refractivity contribution in [2.24, 2.45) is 5.41 Å². The summed E-state index contributed by atoms with van der Waals surface area (Å²) in [5.41, 5.74) is 6.33. The Morgan fingerprint density at radius 3 is 2.61 bits per heavy atom. The summed E-state index contributed by atoms with van der Waals surface area (Å²) in [7, 11) is 0. The van der Waals surface area contributed by atoms with Gasteiger partial charge in [-0.15, -0.1) is 11.3 Å². The molecule has 3 saturated heterocycles. The maximum Gasteiger partial charge on any atom is 0.319 e. The quantitative estimate of drug-likeness (QED) is 0.233. The number of nitrogens with two attached hydrogens (primary N) is 1. The molecular formula is C33H33ClF3N7OS. The molecule has 4 aromatic rings. The molecule has 2 unspecified atom stereocenters. The van der Waals surface area contributed by atoms with Crippen molar-refractivity contribution >= 4 is 54.7 Å². The summed E-state index contributed by atoms with van der Waals surface area (Å²) in [4.78, 5) is 13.8. The van der Waals surface area contributed by atoms with Gasteiger partial charge >= 0.3 is 6.01 Å². The van der Waals surface area contributed by atoms with E-state index in [-0.39, 0.29) is 53.7 Å². The lowest BCUT2D eigenvalue weighted by Crippen LogP contribution is -2.51. The number of benzene rings is 2. The molecule has 1 saturated carbocycles. The molecule has 3 aliphatic heterocycles. The Hall–Kier alpha value is -3.37. The Labute approximate surface area is 273 Å². The van der Waals surface area contributed by atoms with Gasteiger partial charge in [0.05, 0.1) is 21.9 Å². The summed E-state index contributed by atoms with van der Waals surface area (Å²) < 4.78 is 52.2. The van der Waals surface area contributed by atoms with E-state index in [0.29, 0.717) is 55.9 Å². The third-order valence-corrected chi connectivity index (χ3v) is 11.6. The summed E-state index contributed by atoms with van der Waals surface area (Å²) in [5, 5.41) is 14.4. The van der Waals surface area contributed by atoms with Gasteiger partial charge < -0.3 is 20.7 Å². The minimum absolute atomic E-state index is 0.00900. The van der Waals surface area contributed by atoms with E-state index < -0.39 is 17.8 Å². The topological polar surface area (TPSA) is 103 Å². The summed E-state index contributed by atoms with van der Waals surface area (Å²) in [6, 6.07) is 7.02. The molecule has 3 N–H and O–H groups in total. The van der Waals surface area contributed by atoms with Gasteiger partial charge in [0.2, 0.25) is 0 Å². The zero-order valence-corrected chi connectivity index (χ0v) is 26.7. The Balaban J connectivity index is 1.24. The van der Waals surface area contributed by atoms with Gasteiger partial charge in [0.25, 0.3) is 0 Å². The van der Waals surface area contributed by atoms with Crippen LogP contribution in [-0.2, 0) is 0 Å². The number of fused-ring (bicyclic) bond motifs is 4. The van der Waals surface area contributed by atoms with Crippen LogP contribution in [-0.4, -0.2) is 72.5 Å². The smallest absolute Gasteiger partial charge is 0.319 e. The molecule has 1 aliphatic carbocycles. The molecule has 0 radical (unpaired) electrons. The number of halogens is 4. The predicted octanol–water partition coefficient (Wildman–Crippen LogP) is 6.43. The molecule has 2 bridgehead atoms. The average molecular weight is 668 g/mol. The number of nitrogens with zero attached hydrogens (tertiary/aromatic N) is 5. The molecule has 0 spiro atoms. The Kier molecular flexibility index (Phi) is 7.44. The first-order valence-electron chi connectivity index (χ1n) is 15.8. The molecule has 2 aromatic carbocycles. The first kappa shape index (κ1) is 30.0. The Morgan fingerprint density at radius 2 is 1.93 bits per heavy atom. The van der Waals surface area contributed by atoms with Crippen molar-refractivity contribution in [2.45, 2.75) is 56.8 Å². The van der Waals surface area contributed by atoms with Gasteiger partial charge in [-0.05, 0) is 49.8 Å². The number of nitrogens with one attached hydrogen (secondary N) is 1. The molecule has 8 rings (SSSR count). The number of alkyl halides is 1. The van der Waals surface area contributed by atoms with Gasteiger partial charge in [0, 0.05) is 66.6 Å². The number of thiophene rings is 1. The highest BCUT2D eigenvalue weighted by Crippen LogP contribution is 2.47. The van der Waals surface area contributed by atoms with Gasteiger partial charge in [-0.1, -0.05) is 24.1 Å². The van der Waals surface area contributed by atoms with Gasteiger partial charge in [-0.2, -0.15) is 15.2 Å². The number of nitrogen functional groups attached to an aromatic ring is 1. The first-order chi connectivity index (χ1) is 22.2. The Bertz CT molecular complexity index is 1900. The molecule has 2 aromatic heterocycles. The van der Waals surface area contributed by atoms with Crippen LogP contribution in [0.4, 0.5) is 24.0 Å². The summed E-state index contributed by atoms with van der Waals surface area (Å²) >= 11 is 7.80. The lowest BCUT2D eigenvalue weighted by atomic mass is 9.69. The predicted molar refractivity (Wildman–Crippen MR) is 174 cm³/mol. The fourth-order valence-corrected chi connectivity index (χ4v) is 9.08. The average Bonchev–Trinajstić information content (AvgIpc) is 3.70. The van der Waals surface area contributed by atoms with Gasteiger partial charge in [0.1, 0.15) is 34.4 Å². The van der Waals surface area contributed by atoms with Crippen LogP contribution in [0.1, 0.15) is 44.1 Å². The fourth-order valence-electron chi connectivity index (χ4n) is 7.84. The molecule has 4 aliphatic rings. The lowest BCUT2D eigenvalue weighted by molar-refractivity contribution is 0.0196. The van der Waals surface area contributed by atoms with E-state index in [2.05, 4.69) is 20.1 Å². The first-order valence-corrected chi connectivity index (χ1v) is 17.0. The molecule has 3 atom stereocenters. The number of rotatable bonds is 7. The minimum atomic E-state index is -0.792. The maximum atomic E-state index is 16.9. The third-order valence-electron chi connectivity index (χ3n) is 10.3. The minimum Gasteiger partial charge on any atom is -0.463 e. The van der Waals surface area contributed by atoms with E-state index in [4.69, 9.17) is 27.1 Å². The maximum absolute atomic E-state index is 16.9. The summed E-state index contributed by atoms with van der Waals surface area (Å²) in [6.07, 6.45) is 4.86. The van der Waals surface area contributed by atoms with Crippen LogP contribution in [0.25, 0.3) is 32.1 Å². The van der Waals surface area contributed by atoms with Crippen LogP contribution in [0, 0.1) is 28.4 Å². The van der Waals surface area contributed by atoms with Crippen molar-refractivity contribution in [1.82, 2.24) is 20.2 Å². The number of ether oxygens (including phenoxy) is 1. The third kappa shape index (κ3) is 5.03. The summed E-state index contributed by atoms with van der Waals surface area (Å²) in [6.45, 7) is 3.67. The van der Waals surface area contributed by atoms with E-state index in [1.807, 2.05) is 6.07 Å². The van der Waals surface area contributed by atoms with Crippen molar-refractivity contribution < 1.29 is 17.9 Å². The zero-order chi connectivity index (χ0) is 31.7. The van der Waals surface area contributed by atoms with Crippen LogP contribution in [0.2, 0.25) is 5.02 Å². The number of piperazine rings is 1. The zero-order valence-electron chi connectivity index (χ0n) is 25.1. The number of anilines is 2. The van der Waals surface area contributed by atoms with Crippen LogP contribution < -0.4 is 20.7 Å². The van der Waals surface area contributed by atoms with Gasteiger partial charge in [-0.3, -0.25) is 4.90 Å². The monoisotopic (exact) mass is 667 g/mol. The fraction of sp³-hybridized carbons (Fsp3) is 0.485. The SMILES string of the molecule is N#Cc1c(N)sc2c(F)ccc(-c3c(Cl)cc4c(N5CC6CCC(C5)N6)nc(OCC5(CN6CC[C@H](F)C6)CCC5)nc4c3F)c12. The molecular weight excluding hydrogens is 635 g/mol. The Morgan fingerprint density at radius 1 is 1.15 bits per heavy atom. The van der Waals surface area contributed by atoms with Crippen molar-refractivity contribution in [3.8, 4) is 23.2 Å². The second kappa shape index (κ2) is 11.4. The van der Waals surface area contributed by atoms with Crippen molar-refractivity contribution in [3.05, 3.63) is 40.4 Å². The van der Waals surface area contributed by atoms with Crippen LogP contribution in [0.5, 0.6) is 6.01 Å². The van der Waals surface area contributed by atoms with Crippen LogP contribution in [0.15, 0.2) is 18.2 Å². The van der Waals surface area contributed by atoms with Crippen LogP contribution in [0.3, 0.4) is 0 Å². The lowest BCUT2D eigenvalue weighted by Gasteiger charge is -2.43. The number of hydrogen-bond donors (Lipinski definition) is 2. The highest BCUT2D eigenvalue weighted by Gasteiger charge is 2.41. The van der Waals surface area contributed by atoms with Crippen LogP contribution >= 0.6 is 22.9 Å². The molecule has 0 amide bonds. The number of aromatic nitrogens is 2. The van der Waals surface area contributed by atoms with Crippen molar-refractivity contribution in [1.29, 1.82) is 5.26 Å². The highest BCUT2D eigenvalue weighted by atomic mass is 35.5. The number of likely N-dealkylation sites (tertiary alicyclic amines) is 1. The van der Waals surface area contributed by atoms with E-state index in [0.717, 1.165) is 56.5 Å². The molecule has 46 heavy (non-hydrogen) atoms. The molecule has 5 heterocycles. The normalized spacial score (nSPS) is 24.1.